The van der Waals surface area contributed by atoms with Gasteiger partial charge in [0.15, 0.2) is 9.84 Å². The second-order valence-electron chi connectivity index (χ2n) is 4.52. The van der Waals surface area contributed by atoms with E-state index in [2.05, 4.69) is 0 Å². The molecule has 1 aliphatic heterocycles. The van der Waals surface area contributed by atoms with Crippen LogP contribution in [0.4, 0.5) is 5.69 Å². The van der Waals surface area contributed by atoms with Crippen LogP contribution in [0, 0.1) is 10.1 Å². The fraction of sp³-hybridized carbons (Fsp3) is 0.364. The van der Waals surface area contributed by atoms with Gasteiger partial charge in [0.25, 0.3) is 0 Å². The minimum atomic E-state index is -3.52. The lowest BCUT2D eigenvalue weighted by Crippen LogP contribution is -2.30. The summed E-state index contributed by atoms with van der Waals surface area (Å²) in [6.45, 7) is 0. The highest BCUT2D eigenvalue weighted by Crippen LogP contribution is 2.33. The molecule has 1 heterocycles. The largest absolute Gasteiger partial charge is 0.479 e. The van der Waals surface area contributed by atoms with Gasteiger partial charge in [-0.05, 0) is 6.07 Å². The molecular formula is C11H11NO8S. The third-order valence-corrected chi connectivity index (χ3v) is 4.65. The number of aliphatic hydroxyl groups is 1. The van der Waals surface area contributed by atoms with Gasteiger partial charge in [-0.25, -0.2) is 13.2 Å². The Hall–Kier alpha value is -2.20. The molecule has 0 amide bonds. The lowest BCUT2D eigenvalue weighted by Gasteiger charge is -2.17. The molecule has 9 nitrogen and oxygen atoms in total. The first-order valence-corrected chi connectivity index (χ1v) is 7.59. The summed E-state index contributed by atoms with van der Waals surface area (Å²) in [5.41, 5.74) is -1.08. The van der Waals surface area contributed by atoms with Gasteiger partial charge in [-0.1, -0.05) is 6.07 Å². The molecule has 1 aromatic rings. The summed E-state index contributed by atoms with van der Waals surface area (Å²) < 4.78 is 27.9. The number of hydrogen-bond acceptors (Lipinski definition) is 7. The molecule has 21 heavy (non-hydrogen) atoms. The predicted octanol–water partition coefficient (Wildman–Crippen LogP) is -0.170. The smallest absolute Gasteiger partial charge is 0.339 e. The molecule has 0 saturated carbocycles. The number of ether oxygens (including phenoxy) is 1. The second-order valence-corrected chi connectivity index (χ2v) is 6.67. The van der Waals surface area contributed by atoms with Crippen LogP contribution in [0.3, 0.4) is 0 Å². The number of nitro benzene ring substituents is 1. The summed E-state index contributed by atoms with van der Waals surface area (Å²) in [5.74, 6) is -3.07. The minimum absolute atomic E-state index is 0.472. The van der Waals surface area contributed by atoms with E-state index in [1.54, 1.807) is 0 Å². The average molecular weight is 317 g/mol. The van der Waals surface area contributed by atoms with E-state index in [1.165, 1.54) is 6.07 Å². The van der Waals surface area contributed by atoms with E-state index in [0.29, 0.717) is 0 Å². The Morgan fingerprint density at radius 2 is 2.05 bits per heavy atom. The maximum absolute atomic E-state index is 11.4. The molecule has 1 aliphatic rings. The number of sulfone groups is 1. The molecule has 2 rings (SSSR count). The van der Waals surface area contributed by atoms with Crippen LogP contribution in [-0.2, 0) is 9.84 Å². The molecule has 10 heteroatoms. The minimum Gasteiger partial charge on any atom is -0.479 e. The zero-order chi connectivity index (χ0) is 15.8. The lowest BCUT2D eigenvalue weighted by atomic mass is 10.1. The van der Waals surface area contributed by atoms with E-state index in [-0.39, 0.29) is 0 Å². The third-order valence-electron chi connectivity index (χ3n) is 2.96. The predicted molar refractivity (Wildman–Crippen MR) is 69.1 cm³/mol. The quantitative estimate of drug-likeness (QED) is 0.575. The van der Waals surface area contributed by atoms with Crippen molar-refractivity contribution in [1.29, 1.82) is 0 Å². The number of carbonyl (C=O) groups is 1. The average Bonchev–Trinajstić information content (AvgIpc) is 2.61. The van der Waals surface area contributed by atoms with Crippen LogP contribution in [0.15, 0.2) is 18.2 Å². The van der Waals surface area contributed by atoms with Gasteiger partial charge in [-0.15, -0.1) is 0 Å². The Bertz CT molecular complexity index is 666. The number of rotatable bonds is 4. The zero-order valence-electron chi connectivity index (χ0n) is 10.5. The van der Waals surface area contributed by atoms with E-state index in [9.17, 15) is 28.4 Å². The van der Waals surface area contributed by atoms with Crippen molar-refractivity contribution in [1.82, 2.24) is 0 Å². The van der Waals surface area contributed by atoms with Crippen LogP contribution < -0.4 is 4.74 Å². The molecule has 1 aromatic carbocycles. The summed E-state index contributed by atoms with van der Waals surface area (Å²) in [6.07, 6.45) is -2.61. The number of aromatic carboxylic acids is 1. The second kappa shape index (κ2) is 5.30. The molecule has 0 aromatic heterocycles. The number of nitro groups is 1. The van der Waals surface area contributed by atoms with E-state index in [4.69, 9.17) is 9.84 Å². The fourth-order valence-corrected chi connectivity index (χ4v) is 3.68. The number of hydrogen-bond donors (Lipinski definition) is 2. The van der Waals surface area contributed by atoms with Crippen LogP contribution in [0.5, 0.6) is 5.75 Å². The monoisotopic (exact) mass is 317 g/mol. The normalized spacial score (nSPS) is 23.7. The first kappa shape index (κ1) is 15.2. The molecule has 1 saturated heterocycles. The van der Waals surface area contributed by atoms with Gasteiger partial charge in [-0.2, -0.15) is 0 Å². The van der Waals surface area contributed by atoms with Crippen molar-refractivity contribution in [3.63, 3.8) is 0 Å². The SMILES string of the molecule is O=C(O)c1cccc([N+](=O)[O-])c1OC1CS(=O)(=O)CC1O. The fourth-order valence-electron chi connectivity index (χ4n) is 2.02. The summed E-state index contributed by atoms with van der Waals surface area (Å²) in [5, 5.41) is 29.6. The highest BCUT2D eigenvalue weighted by atomic mass is 32.2. The number of carboxylic acids is 1. The van der Waals surface area contributed by atoms with Crippen molar-refractivity contribution in [2.24, 2.45) is 0 Å². The Kier molecular flexibility index (Phi) is 3.83. The molecular weight excluding hydrogens is 306 g/mol. The van der Waals surface area contributed by atoms with Gasteiger partial charge in [0, 0.05) is 6.07 Å². The Morgan fingerprint density at radius 3 is 2.52 bits per heavy atom. The molecule has 114 valence electrons. The maximum Gasteiger partial charge on any atom is 0.339 e. The van der Waals surface area contributed by atoms with Crippen LogP contribution >= 0.6 is 0 Å². The molecule has 0 spiro atoms. The van der Waals surface area contributed by atoms with Crippen LogP contribution in [-0.4, -0.2) is 53.2 Å². The standard InChI is InChI=1S/C11H11NO8S/c13-8-4-21(18,19)5-9(8)20-10-6(11(14)15)2-1-3-7(10)12(16)17/h1-3,8-9,13H,4-5H2,(H,14,15). The van der Waals surface area contributed by atoms with Crippen molar-refractivity contribution in [2.75, 3.05) is 11.5 Å². The van der Waals surface area contributed by atoms with Crippen molar-refractivity contribution in [3.05, 3.63) is 33.9 Å². The number of nitrogens with zero attached hydrogens (tertiary/aromatic N) is 1. The third kappa shape index (κ3) is 3.11. The van der Waals surface area contributed by atoms with E-state index >= 15 is 0 Å². The Morgan fingerprint density at radius 1 is 1.38 bits per heavy atom. The number of aliphatic hydroxyl groups excluding tert-OH is 1. The van der Waals surface area contributed by atoms with Crippen molar-refractivity contribution >= 4 is 21.5 Å². The molecule has 2 N–H and O–H groups in total. The van der Waals surface area contributed by atoms with Crippen molar-refractivity contribution < 1.29 is 33.1 Å². The number of benzene rings is 1. The zero-order valence-corrected chi connectivity index (χ0v) is 11.3. The van der Waals surface area contributed by atoms with Crippen LogP contribution in [0.1, 0.15) is 10.4 Å². The highest BCUT2D eigenvalue weighted by Gasteiger charge is 2.40. The van der Waals surface area contributed by atoms with Crippen molar-refractivity contribution in [3.8, 4) is 5.75 Å². The maximum atomic E-state index is 11.4. The van der Waals surface area contributed by atoms with Crippen LogP contribution in [0.2, 0.25) is 0 Å². The van der Waals surface area contributed by atoms with Gasteiger partial charge in [0.2, 0.25) is 5.75 Å². The van der Waals surface area contributed by atoms with Crippen LogP contribution in [0.25, 0.3) is 0 Å². The summed E-state index contributed by atoms with van der Waals surface area (Å²) in [6, 6.07) is 3.31. The molecule has 2 atom stereocenters. The van der Waals surface area contributed by atoms with E-state index in [1.807, 2.05) is 0 Å². The van der Waals surface area contributed by atoms with Crippen molar-refractivity contribution in [2.45, 2.75) is 12.2 Å². The summed E-state index contributed by atoms with van der Waals surface area (Å²) in [4.78, 5) is 21.2. The first-order chi connectivity index (χ1) is 9.71. The summed E-state index contributed by atoms with van der Waals surface area (Å²) in [7, 11) is -3.52. The van der Waals surface area contributed by atoms with E-state index < -0.39 is 61.4 Å². The molecule has 0 bridgehead atoms. The Labute approximate surface area is 118 Å². The van der Waals surface area contributed by atoms with Gasteiger partial charge < -0.3 is 14.9 Å². The highest BCUT2D eigenvalue weighted by molar-refractivity contribution is 7.91. The van der Waals surface area contributed by atoms with Gasteiger partial charge in [0.05, 0.1) is 16.4 Å². The topological polar surface area (TPSA) is 144 Å². The molecule has 2 unspecified atom stereocenters. The molecule has 0 aliphatic carbocycles. The molecule has 0 radical (unpaired) electrons. The van der Waals surface area contributed by atoms with Gasteiger partial charge in [0.1, 0.15) is 17.8 Å². The van der Waals surface area contributed by atoms with Gasteiger partial charge in [-0.3, -0.25) is 10.1 Å². The summed E-state index contributed by atoms with van der Waals surface area (Å²) >= 11 is 0. The molecule has 1 fully saturated rings. The lowest BCUT2D eigenvalue weighted by molar-refractivity contribution is -0.386. The Balaban J connectivity index is 2.43. The number of para-hydroxylation sites is 1. The van der Waals surface area contributed by atoms with Gasteiger partial charge >= 0.3 is 11.7 Å². The number of carboxylic acid groups (broad SMARTS) is 1. The van der Waals surface area contributed by atoms with E-state index in [0.717, 1.165) is 12.1 Å². The first-order valence-electron chi connectivity index (χ1n) is 5.77.